The lowest BCUT2D eigenvalue weighted by Crippen LogP contribution is -2.53. The van der Waals surface area contributed by atoms with Crippen LogP contribution in [0, 0.1) is 5.92 Å². The van der Waals surface area contributed by atoms with Gasteiger partial charge in [-0.2, -0.15) is 0 Å². The van der Waals surface area contributed by atoms with Crippen LogP contribution in [0.2, 0.25) is 0 Å². The number of hydrogen-bond donors (Lipinski definition) is 1. The van der Waals surface area contributed by atoms with Gasteiger partial charge in [0.2, 0.25) is 0 Å². The molecule has 5 rings (SSSR count). The molecule has 2 aromatic heterocycles. The van der Waals surface area contributed by atoms with Crippen molar-refractivity contribution in [3.63, 3.8) is 0 Å². The van der Waals surface area contributed by atoms with Gasteiger partial charge in [0, 0.05) is 42.2 Å². The summed E-state index contributed by atoms with van der Waals surface area (Å²) in [5.41, 5.74) is 2.01. The third-order valence-electron chi connectivity index (χ3n) is 6.61. The van der Waals surface area contributed by atoms with Crippen LogP contribution in [0.25, 0.3) is 10.4 Å². The Morgan fingerprint density at radius 2 is 1.93 bits per heavy atom. The molecule has 1 saturated heterocycles. The number of piperidine rings is 1. The second-order valence-electron chi connectivity index (χ2n) is 8.55. The van der Waals surface area contributed by atoms with E-state index in [9.17, 15) is 9.59 Å². The quantitative estimate of drug-likeness (QED) is 0.832. The zero-order valence-electron chi connectivity index (χ0n) is 16.1. The largest absolute Gasteiger partial charge is 0.335 e. The summed E-state index contributed by atoms with van der Waals surface area (Å²) in [6, 6.07) is 8.51. The monoisotopic (exact) mass is 397 g/mol. The molecule has 2 aromatic rings. The number of amides is 2. The normalized spacial score (nSPS) is 24.6. The molecule has 2 fully saturated rings. The highest BCUT2D eigenvalue weighted by molar-refractivity contribution is 7.13. The van der Waals surface area contributed by atoms with Crippen molar-refractivity contribution in [1.29, 1.82) is 0 Å². The molecule has 0 unspecified atom stereocenters. The standard InChI is InChI=1S/C22H27N3O2S/c26-21-18(20-7-4-10-28-20)8-9-19-16-11-15(13-25(19)21)12-24(14-16)22(27)23-17-5-2-1-3-6-17/h4,7-10,15-17H,1-3,5-6,11-14H2,(H,23,27)/t15-,16-/m1/s1. The van der Waals surface area contributed by atoms with Gasteiger partial charge in [0.1, 0.15) is 0 Å². The summed E-state index contributed by atoms with van der Waals surface area (Å²) >= 11 is 1.61. The number of carbonyl (C=O) groups is 1. The summed E-state index contributed by atoms with van der Waals surface area (Å²) in [6.07, 6.45) is 7.02. The molecule has 5 nitrogen and oxygen atoms in total. The van der Waals surface area contributed by atoms with Crippen molar-refractivity contribution < 1.29 is 4.79 Å². The Bertz CT molecular complexity index is 914. The zero-order valence-corrected chi connectivity index (χ0v) is 16.9. The second-order valence-corrected chi connectivity index (χ2v) is 9.50. The van der Waals surface area contributed by atoms with Gasteiger partial charge in [-0.25, -0.2) is 4.79 Å². The summed E-state index contributed by atoms with van der Waals surface area (Å²) in [6.45, 7) is 2.19. The molecule has 0 radical (unpaired) electrons. The molecule has 0 aromatic carbocycles. The fourth-order valence-electron chi connectivity index (χ4n) is 5.24. The van der Waals surface area contributed by atoms with Crippen molar-refractivity contribution >= 4 is 17.4 Å². The highest BCUT2D eigenvalue weighted by atomic mass is 32.1. The van der Waals surface area contributed by atoms with Crippen LogP contribution in [0.5, 0.6) is 0 Å². The topological polar surface area (TPSA) is 54.3 Å². The number of nitrogens with zero attached hydrogens (tertiary/aromatic N) is 2. The Balaban J connectivity index is 1.36. The smallest absolute Gasteiger partial charge is 0.317 e. The predicted octanol–water partition coefficient (Wildman–Crippen LogP) is 4.04. The molecule has 2 amide bonds. The van der Waals surface area contributed by atoms with E-state index >= 15 is 0 Å². The first kappa shape index (κ1) is 18.0. The molecule has 148 valence electrons. The van der Waals surface area contributed by atoms with Crippen molar-refractivity contribution in [3.05, 3.63) is 45.7 Å². The van der Waals surface area contributed by atoms with E-state index in [2.05, 4.69) is 11.4 Å². The predicted molar refractivity (Wildman–Crippen MR) is 112 cm³/mol. The second kappa shape index (κ2) is 7.39. The average Bonchev–Trinajstić information content (AvgIpc) is 3.24. The van der Waals surface area contributed by atoms with Gasteiger partial charge in [-0.15, -0.1) is 11.3 Å². The number of likely N-dealkylation sites (tertiary alicyclic amines) is 1. The van der Waals surface area contributed by atoms with E-state index in [1.54, 1.807) is 11.3 Å². The fraction of sp³-hybridized carbons (Fsp3) is 0.545. The molecular weight excluding hydrogens is 370 g/mol. The Labute approximate surface area is 169 Å². The van der Waals surface area contributed by atoms with Crippen LogP contribution < -0.4 is 10.9 Å². The molecule has 2 aliphatic heterocycles. The number of nitrogens with one attached hydrogen (secondary N) is 1. The van der Waals surface area contributed by atoms with Gasteiger partial charge in [0.25, 0.3) is 5.56 Å². The Morgan fingerprint density at radius 3 is 2.71 bits per heavy atom. The van der Waals surface area contributed by atoms with Gasteiger partial charge in [0.15, 0.2) is 0 Å². The zero-order chi connectivity index (χ0) is 19.1. The third-order valence-corrected chi connectivity index (χ3v) is 7.51. The minimum atomic E-state index is 0.0904. The van der Waals surface area contributed by atoms with Gasteiger partial charge in [-0.3, -0.25) is 4.79 Å². The van der Waals surface area contributed by atoms with Gasteiger partial charge in [-0.05, 0) is 48.8 Å². The van der Waals surface area contributed by atoms with Crippen molar-refractivity contribution in [2.75, 3.05) is 13.1 Å². The maximum Gasteiger partial charge on any atom is 0.317 e. The van der Waals surface area contributed by atoms with Gasteiger partial charge in [-0.1, -0.05) is 25.3 Å². The number of pyridine rings is 1. The minimum Gasteiger partial charge on any atom is -0.335 e. The lowest BCUT2D eigenvalue weighted by atomic mass is 9.83. The van der Waals surface area contributed by atoms with Crippen LogP contribution in [-0.2, 0) is 6.54 Å². The van der Waals surface area contributed by atoms with E-state index in [0.717, 1.165) is 48.5 Å². The molecule has 0 spiro atoms. The number of aromatic nitrogens is 1. The van der Waals surface area contributed by atoms with Gasteiger partial charge >= 0.3 is 6.03 Å². The summed E-state index contributed by atoms with van der Waals surface area (Å²) in [5.74, 6) is 0.620. The van der Waals surface area contributed by atoms with Crippen LogP contribution in [0.3, 0.4) is 0 Å². The first-order chi connectivity index (χ1) is 13.7. The van der Waals surface area contributed by atoms with Crippen LogP contribution >= 0.6 is 11.3 Å². The maximum atomic E-state index is 13.1. The molecule has 1 aliphatic carbocycles. The number of hydrogen-bond acceptors (Lipinski definition) is 3. The fourth-order valence-corrected chi connectivity index (χ4v) is 5.99. The molecule has 28 heavy (non-hydrogen) atoms. The number of urea groups is 1. The number of rotatable bonds is 2. The van der Waals surface area contributed by atoms with E-state index in [-0.39, 0.29) is 17.5 Å². The lowest BCUT2D eigenvalue weighted by molar-refractivity contribution is 0.127. The highest BCUT2D eigenvalue weighted by Crippen LogP contribution is 2.36. The molecule has 2 bridgehead atoms. The van der Waals surface area contributed by atoms with E-state index in [1.165, 1.54) is 19.3 Å². The Kier molecular flexibility index (Phi) is 4.75. The number of thiophene rings is 1. The molecular formula is C22H27N3O2S. The van der Waals surface area contributed by atoms with Crippen molar-refractivity contribution in [3.8, 4) is 10.4 Å². The van der Waals surface area contributed by atoms with Crippen LogP contribution in [0.15, 0.2) is 34.4 Å². The van der Waals surface area contributed by atoms with E-state index in [4.69, 9.17) is 0 Å². The molecule has 1 saturated carbocycles. The van der Waals surface area contributed by atoms with Crippen LogP contribution in [0.1, 0.15) is 50.1 Å². The van der Waals surface area contributed by atoms with E-state index < -0.39 is 0 Å². The average molecular weight is 398 g/mol. The van der Waals surface area contributed by atoms with Crippen molar-refractivity contribution in [1.82, 2.24) is 14.8 Å². The minimum absolute atomic E-state index is 0.0904. The summed E-state index contributed by atoms with van der Waals surface area (Å²) in [5, 5.41) is 5.27. The summed E-state index contributed by atoms with van der Waals surface area (Å²) < 4.78 is 1.98. The first-order valence-electron chi connectivity index (χ1n) is 10.5. The van der Waals surface area contributed by atoms with Gasteiger partial charge < -0.3 is 14.8 Å². The van der Waals surface area contributed by atoms with Crippen LogP contribution in [-0.4, -0.2) is 34.6 Å². The first-order valence-corrected chi connectivity index (χ1v) is 11.4. The summed E-state index contributed by atoms with van der Waals surface area (Å²) in [4.78, 5) is 29.0. The number of fused-ring (bicyclic) bond motifs is 4. The van der Waals surface area contributed by atoms with Crippen LogP contribution in [0.4, 0.5) is 4.79 Å². The molecule has 1 N–H and O–H groups in total. The van der Waals surface area contributed by atoms with Gasteiger partial charge in [0.05, 0.1) is 5.56 Å². The highest BCUT2D eigenvalue weighted by Gasteiger charge is 2.37. The van der Waals surface area contributed by atoms with Crippen molar-refractivity contribution in [2.45, 2.75) is 57.0 Å². The molecule has 6 heteroatoms. The molecule has 2 atom stereocenters. The molecule has 4 heterocycles. The molecule has 3 aliphatic rings. The maximum absolute atomic E-state index is 13.1. The third kappa shape index (κ3) is 3.28. The number of carbonyl (C=O) groups excluding carboxylic acids is 1. The lowest BCUT2D eigenvalue weighted by Gasteiger charge is -2.43. The Morgan fingerprint density at radius 1 is 1.07 bits per heavy atom. The van der Waals surface area contributed by atoms with Crippen molar-refractivity contribution in [2.24, 2.45) is 5.92 Å². The van der Waals surface area contributed by atoms with E-state index in [0.29, 0.717) is 18.5 Å². The van der Waals surface area contributed by atoms with E-state index in [1.807, 2.05) is 33.0 Å². The summed E-state index contributed by atoms with van der Waals surface area (Å²) in [7, 11) is 0. The Hall–Kier alpha value is -2.08. The SMILES string of the molecule is O=C(NC1CCCCC1)N1C[C@H]2C[C@H](C1)c1ccc(-c3cccs3)c(=O)n1C2.